The lowest BCUT2D eigenvalue weighted by atomic mass is 10.2. The quantitative estimate of drug-likeness (QED) is 0.818. The molecule has 4 nitrogen and oxygen atoms in total. The summed E-state index contributed by atoms with van der Waals surface area (Å²) in [6, 6.07) is 3.34. The molecule has 114 valence electrons. The SMILES string of the molecule is O=S(=O)(NCC1CCCS1)c1ccc(F)cc1C#CCO. The van der Waals surface area contributed by atoms with Crippen LogP contribution >= 0.6 is 11.8 Å². The number of hydrogen-bond donors (Lipinski definition) is 2. The molecule has 1 fully saturated rings. The number of benzene rings is 1. The van der Waals surface area contributed by atoms with E-state index in [0.717, 1.165) is 30.7 Å². The van der Waals surface area contributed by atoms with Gasteiger partial charge in [-0.15, -0.1) is 0 Å². The van der Waals surface area contributed by atoms with E-state index in [1.165, 1.54) is 6.07 Å². The maximum atomic E-state index is 13.2. The number of nitrogens with one attached hydrogen (secondary N) is 1. The first-order valence-corrected chi connectivity index (χ1v) is 9.06. The fourth-order valence-corrected chi connectivity index (χ4v) is 4.58. The van der Waals surface area contributed by atoms with Crippen molar-refractivity contribution in [2.45, 2.75) is 23.0 Å². The molecular formula is C14H16FNO3S2. The molecule has 0 aliphatic carbocycles. The Morgan fingerprint density at radius 3 is 2.95 bits per heavy atom. The number of rotatable bonds is 4. The number of hydrogen-bond acceptors (Lipinski definition) is 4. The van der Waals surface area contributed by atoms with E-state index in [1.54, 1.807) is 11.8 Å². The molecule has 0 radical (unpaired) electrons. The van der Waals surface area contributed by atoms with Crippen LogP contribution in [0, 0.1) is 17.7 Å². The zero-order valence-corrected chi connectivity index (χ0v) is 12.9. The Kier molecular flexibility index (Phi) is 5.65. The molecule has 1 unspecified atom stereocenters. The average molecular weight is 329 g/mol. The summed E-state index contributed by atoms with van der Waals surface area (Å²) in [6.45, 7) is -0.0562. The first-order valence-electron chi connectivity index (χ1n) is 6.53. The number of thioether (sulfide) groups is 1. The summed E-state index contributed by atoms with van der Waals surface area (Å²) in [4.78, 5) is -0.0622. The van der Waals surface area contributed by atoms with Crippen LogP contribution in [-0.2, 0) is 10.0 Å². The van der Waals surface area contributed by atoms with Crippen LogP contribution in [0.1, 0.15) is 18.4 Å². The van der Waals surface area contributed by atoms with Gasteiger partial charge in [-0.25, -0.2) is 17.5 Å². The van der Waals surface area contributed by atoms with E-state index in [9.17, 15) is 12.8 Å². The molecule has 1 aromatic rings. The van der Waals surface area contributed by atoms with Crippen molar-refractivity contribution in [2.24, 2.45) is 0 Å². The van der Waals surface area contributed by atoms with Gasteiger partial charge in [0.25, 0.3) is 0 Å². The van der Waals surface area contributed by atoms with Crippen molar-refractivity contribution in [1.29, 1.82) is 0 Å². The summed E-state index contributed by atoms with van der Waals surface area (Å²) >= 11 is 1.75. The molecule has 2 N–H and O–H groups in total. The Balaban J connectivity index is 2.21. The highest BCUT2D eigenvalue weighted by Crippen LogP contribution is 2.26. The lowest BCUT2D eigenvalue weighted by Gasteiger charge is -2.12. The fraction of sp³-hybridized carbons (Fsp3) is 0.429. The van der Waals surface area contributed by atoms with Gasteiger partial charge in [0.1, 0.15) is 12.4 Å². The molecule has 21 heavy (non-hydrogen) atoms. The van der Waals surface area contributed by atoms with Crippen LogP contribution in [0.15, 0.2) is 23.1 Å². The van der Waals surface area contributed by atoms with Crippen molar-refractivity contribution in [3.05, 3.63) is 29.6 Å². The van der Waals surface area contributed by atoms with Gasteiger partial charge >= 0.3 is 0 Å². The fourth-order valence-electron chi connectivity index (χ4n) is 2.05. The van der Waals surface area contributed by atoms with Gasteiger partial charge in [0, 0.05) is 17.4 Å². The number of aliphatic hydroxyl groups is 1. The molecular weight excluding hydrogens is 313 g/mol. The highest BCUT2D eigenvalue weighted by atomic mass is 32.2. The summed E-state index contributed by atoms with van der Waals surface area (Å²) < 4.78 is 40.4. The zero-order valence-electron chi connectivity index (χ0n) is 11.3. The van der Waals surface area contributed by atoms with Gasteiger partial charge in [-0.1, -0.05) is 11.8 Å². The average Bonchev–Trinajstić information content (AvgIpc) is 2.96. The van der Waals surface area contributed by atoms with E-state index in [-0.39, 0.29) is 15.7 Å². The minimum Gasteiger partial charge on any atom is -0.384 e. The van der Waals surface area contributed by atoms with Gasteiger partial charge in [0.05, 0.1) is 4.90 Å². The molecule has 1 saturated heterocycles. The minimum atomic E-state index is -3.74. The van der Waals surface area contributed by atoms with E-state index in [2.05, 4.69) is 16.6 Å². The molecule has 1 atom stereocenters. The Bertz CT molecular complexity index is 659. The topological polar surface area (TPSA) is 66.4 Å². The molecule has 7 heteroatoms. The largest absolute Gasteiger partial charge is 0.384 e. The van der Waals surface area contributed by atoms with E-state index in [4.69, 9.17) is 5.11 Å². The predicted molar refractivity (Wildman–Crippen MR) is 81.0 cm³/mol. The van der Waals surface area contributed by atoms with Crippen LogP contribution < -0.4 is 4.72 Å². The minimum absolute atomic E-state index is 0.0515. The van der Waals surface area contributed by atoms with Crippen molar-refractivity contribution >= 4 is 21.8 Å². The third-order valence-corrected chi connectivity index (χ3v) is 5.94. The standard InChI is InChI=1S/C14H16FNO3S2/c15-12-5-6-14(11(9-12)3-1-7-17)21(18,19)16-10-13-4-2-8-20-13/h5-6,9,13,16-17H,2,4,7-8,10H2. The summed E-state index contributed by atoms with van der Waals surface area (Å²) in [5, 5.41) is 8.99. The van der Waals surface area contributed by atoms with Gasteiger partial charge in [0.15, 0.2) is 0 Å². The molecule has 0 saturated carbocycles. The second kappa shape index (κ2) is 7.27. The van der Waals surface area contributed by atoms with Gasteiger partial charge in [-0.3, -0.25) is 0 Å². The van der Waals surface area contributed by atoms with Crippen LogP contribution in [0.4, 0.5) is 4.39 Å². The smallest absolute Gasteiger partial charge is 0.241 e. The van der Waals surface area contributed by atoms with Crippen molar-refractivity contribution in [3.63, 3.8) is 0 Å². The highest BCUT2D eigenvalue weighted by Gasteiger charge is 2.22. The molecule has 0 bridgehead atoms. The van der Waals surface area contributed by atoms with Crippen LogP contribution in [0.5, 0.6) is 0 Å². The molecule has 2 rings (SSSR count). The van der Waals surface area contributed by atoms with Crippen LogP contribution in [0.25, 0.3) is 0 Å². The lowest BCUT2D eigenvalue weighted by Crippen LogP contribution is -2.30. The molecule has 0 amide bonds. The normalized spacial score (nSPS) is 18.3. The Morgan fingerprint density at radius 1 is 1.48 bits per heavy atom. The lowest BCUT2D eigenvalue weighted by molar-refractivity contribution is 0.350. The Morgan fingerprint density at radius 2 is 2.29 bits per heavy atom. The molecule has 0 spiro atoms. The molecule has 0 aromatic heterocycles. The van der Waals surface area contributed by atoms with Crippen LogP contribution in [-0.4, -0.2) is 37.7 Å². The Hall–Kier alpha value is -1.07. The summed E-state index contributed by atoms with van der Waals surface area (Å²) in [5.74, 6) is 5.30. The molecule has 1 aromatic carbocycles. The predicted octanol–water partition coefficient (Wildman–Crippen LogP) is 1.34. The molecule has 1 heterocycles. The van der Waals surface area contributed by atoms with Gasteiger partial charge in [0.2, 0.25) is 10.0 Å². The van der Waals surface area contributed by atoms with E-state index >= 15 is 0 Å². The van der Waals surface area contributed by atoms with E-state index < -0.39 is 22.4 Å². The van der Waals surface area contributed by atoms with Crippen LogP contribution in [0.2, 0.25) is 0 Å². The number of aliphatic hydroxyl groups excluding tert-OH is 1. The first-order chi connectivity index (χ1) is 10.0. The summed E-state index contributed by atoms with van der Waals surface area (Å²) in [5.41, 5.74) is 0.0515. The summed E-state index contributed by atoms with van der Waals surface area (Å²) in [7, 11) is -3.74. The number of sulfonamides is 1. The maximum absolute atomic E-state index is 13.2. The highest BCUT2D eigenvalue weighted by molar-refractivity contribution is 8.00. The Labute approximate surface area is 128 Å². The monoisotopic (exact) mass is 329 g/mol. The maximum Gasteiger partial charge on any atom is 0.241 e. The van der Waals surface area contributed by atoms with Crippen molar-refractivity contribution in [3.8, 4) is 11.8 Å². The third-order valence-electron chi connectivity index (χ3n) is 3.06. The third kappa shape index (κ3) is 4.45. The van der Waals surface area contributed by atoms with Crippen LogP contribution in [0.3, 0.4) is 0 Å². The van der Waals surface area contributed by atoms with E-state index in [1.807, 2.05) is 0 Å². The second-order valence-corrected chi connectivity index (χ2v) is 7.73. The molecule has 1 aliphatic rings. The van der Waals surface area contributed by atoms with Crippen molar-refractivity contribution < 1.29 is 17.9 Å². The van der Waals surface area contributed by atoms with Gasteiger partial charge in [-0.2, -0.15) is 11.8 Å². The second-order valence-electron chi connectivity index (χ2n) is 4.59. The van der Waals surface area contributed by atoms with E-state index in [0.29, 0.717) is 6.54 Å². The summed E-state index contributed by atoms with van der Waals surface area (Å²) in [6.07, 6.45) is 2.09. The zero-order chi connectivity index (χ0) is 15.3. The number of halogens is 1. The first kappa shape index (κ1) is 16.3. The molecule has 1 aliphatic heterocycles. The van der Waals surface area contributed by atoms with Crippen molar-refractivity contribution in [1.82, 2.24) is 4.72 Å². The van der Waals surface area contributed by atoms with Crippen molar-refractivity contribution in [2.75, 3.05) is 18.9 Å². The van der Waals surface area contributed by atoms with Gasteiger partial charge in [-0.05, 0) is 36.8 Å². The van der Waals surface area contributed by atoms with Gasteiger partial charge < -0.3 is 5.11 Å².